The van der Waals surface area contributed by atoms with Gasteiger partial charge in [0.25, 0.3) is 0 Å². The van der Waals surface area contributed by atoms with Crippen LogP contribution in [0.1, 0.15) is 23.6 Å². The Balaban J connectivity index is 0.00000192. The van der Waals surface area contributed by atoms with Gasteiger partial charge in [-0.15, -0.1) is 0 Å². The van der Waals surface area contributed by atoms with Crippen LogP contribution < -0.4 is 12.4 Å². The van der Waals surface area contributed by atoms with E-state index in [4.69, 9.17) is 11.6 Å². The van der Waals surface area contributed by atoms with Crippen LogP contribution in [0.4, 0.5) is 0 Å². The van der Waals surface area contributed by atoms with Gasteiger partial charge in [0, 0.05) is 24.7 Å². The minimum atomic E-state index is 0. The lowest BCUT2D eigenvalue weighted by molar-refractivity contribution is -0.00000438. The Kier molecular flexibility index (Phi) is 6.91. The molecule has 3 rings (SSSR count). The molecule has 1 unspecified atom stereocenters. The monoisotopic (exact) mass is 349 g/mol. The molecule has 0 amide bonds. The molecule has 1 atom stereocenters. The van der Waals surface area contributed by atoms with Crippen LogP contribution >= 0.6 is 11.6 Å². The van der Waals surface area contributed by atoms with Gasteiger partial charge in [-0.3, -0.25) is 4.90 Å². The lowest BCUT2D eigenvalue weighted by Crippen LogP contribution is -3.00. The first-order chi connectivity index (χ1) is 10.7. The first-order valence-electron chi connectivity index (χ1n) is 7.97. The Morgan fingerprint density at radius 3 is 2.17 bits per heavy atom. The lowest BCUT2D eigenvalue weighted by Gasteiger charge is -2.31. The summed E-state index contributed by atoms with van der Waals surface area (Å²) in [6.45, 7) is 4.53. The molecule has 0 N–H and O–H groups in total. The average Bonchev–Trinajstić information content (AvgIpc) is 2.76. The van der Waals surface area contributed by atoms with E-state index in [0.29, 0.717) is 6.04 Å². The normalized spacial score (nSPS) is 18.0. The molecule has 1 fully saturated rings. The molecule has 4 heteroatoms. The molecule has 0 aliphatic carbocycles. The molecular formula is C19H23Cl2N2-. The van der Waals surface area contributed by atoms with Crippen molar-refractivity contribution in [2.45, 2.75) is 12.5 Å². The van der Waals surface area contributed by atoms with Crippen molar-refractivity contribution < 1.29 is 12.4 Å². The molecule has 1 aliphatic rings. The summed E-state index contributed by atoms with van der Waals surface area (Å²) in [7, 11) is 2.21. The number of hydrogen-bond acceptors (Lipinski definition) is 2. The lowest BCUT2D eigenvalue weighted by atomic mass is 9.97. The molecule has 1 aliphatic heterocycles. The van der Waals surface area contributed by atoms with Crippen LogP contribution in [0.25, 0.3) is 0 Å². The molecule has 1 saturated heterocycles. The van der Waals surface area contributed by atoms with Crippen molar-refractivity contribution >= 4 is 11.6 Å². The van der Waals surface area contributed by atoms with Crippen LogP contribution in [0.3, 0.4) is 0 Å². The Labute approximate surface area is 150 Å². The van der Waals surface area contributed by atoms with Gasteiger partial charge >= 0.3 is 0 Å². The van der Waals surface area contributed by atoms with Gasteiger partial charge in [-0.1, -0.05) is 54.1 Å². The van der Waals surface area contributed by atoms with Gasteiger partial charge in [0.2, 0.25) is 0 Å². The highest BCUT2D eigenvalue weighted by atomic mass is 35.5. The number of hydrogen-bond donors (Lipinski definition) is 0. The third-order valence-electron chi connectivity index (χ3n) is 4.42. The van der Waals surface area contributed by atoms with E-state index in [2.05, 4.69) is 59.3 Å². The zero-order valence-corrected chi connectivity index (χ0v) is 15.0. The van der Waals surface area contributed by atoms with E-state index in [-0.39, 0.29) is 12.4 Å². The predicted molar refractivity (Wildman–Crippen MR) is 93.4 cm³/mol. The summed E-state index contributed by atoms with van der Waals surface area (Å²) in [5.41, 5.74) is 2.68. The van der Waals surface area contributed by atoms with E-state index in [1.54, 1.807) is 0 Å². The molecule has 2 aromatic carbocycles. The SMILES string of the molecule is CN1CCCN(C(c2ccccc2)c2ccc(Cl)cc2)CC1.[Cl-]. The third kappa shape index (κ3) is 4.71. The van der Waals surface area contributed by atoms with Crippen molar-refractivity contribution in [3.8, 4) is 0 Å². The molecule has 2 nitrogen and oxygen atoms in total. The molecule has 0 radical (unpaired) electrons. The van der Waals surface area contributed by atoms with Gasteiger partial charge in [0.15, 0.2) is 0 Å². The maximum absolute atomic E-state index is 6.07. The number of rotatable bonds is 3. The van der Waals surface area contributed by atoms with Crippen molar-refractivity contribution in [1.29, 1.82) is 0 Å². The van der Waals surface area contributed by atoms with Crippen molar-refractivity contribution in [3.05, 3.63) is 70.7 Å². The summed E-state index contributed by atoms with van der Waals surface area (Å²) in [6, 6.07) is 19.4. The van der Waals surface area contributed by atoms with Crippen molar-refractivity contribution in [1.82, 2.24) is 9.80 Å². The molecule has 1 heterocycles. The van der Waals surface area contributed by atoms with Crippen molar-refractivity contribution in [3.63, 3.8) is 0 Å². The minimum Gasteiger partial charge on any atom is -1.00 e. The molecule has 124 valence electrons. The summed E-state index contributed by atoms with van der Waals surface area (Å²) >= 11 is 6.07. The average molecular weight is 350 g/mol. The smallest absolute Gasteiger partial charge is 0.0602 e. The second-order valence-corrected chi connectivity index (χ2v) is 6.49. The Morgan fingerprint density at radius 2 is 1.48 bits per heavy atom. The predicted octanol–water partition coefficient (Wildman–Crippen LogP) is 1.07. The number of likely N-dealkylation sites (N-methyl/N-ethyl adjacent to an activating group) is 1. The Morgan fingerprint density at radius 1 is 0.826 bits per heavy atom. The zero-order chi connectivity index (χ0) is 15.4. The van der Waals surface area contributed by atoms with E-state index >= 15 is 0 Å². The second-order valence-electron chi connectivity index (χ2n) is 6.06. The van der Waals surface area contributed by atoms with E-state index in [1.165, 1.54) is 24.1 Å². The van der Waals surface area contributed by atoms with Crippen LogP contribution in [0.15, 0.2) is 54.6 Å². The third-order valence-corrected chi connectivity index (χ3v) is 4.67. The number of benzene rings is 2. The Bertz CT molecular complexity index is 586. The molecule has 0 spiro atoms. The second kappa shape index (κ2) is 8.70. The fraction of sp³-hybridized carbons (Fsp3) is 0.368. The molecule has 0 saturated carbocycles. The van der Waals surface area contributed by atoms with Crippen LogP contribution in [0.2, 0.25) is 5.02 Å². The van der Waals surface area contributed by atoms with Crippen LogP contribution in [-0.2, 0) is 0 Å². The van der Waals surface area contributed by atoms with Gasteiger partial charge in [-0.25, -0.2) is 0 Å². The fourth-order valence-electron chi connectivity index (χ4n) is 3.22. The summed E-state index contributed by atoms with van der Waals surface area (Å²) < 4.78 is 0. The van der Waals surface area contributed by atoms with Gasteiger partial charge in [0.05, 0.1) is 6.04 Å². The van der Waals surface area contributed by atoms with Gasteiger partial charge < -0.3 is 17.3 Å². The number of halogens is 2. The van der Waals surface area contributed by atoms with Gasteiger partial charge in [-0.2, -0.15) is 0 Å². The molecule has 0 aromatic heterocycles. The topological polar surface area (TPSA) is 6.48 Å². The molecule has 23 heavy (non-hydrogen) atoms. The van der Waals surface area contributed by atoms with Crippen molar-refractivity contribution in [2.24, 2.45) is 0 Å². The summed E-state index contributed by atoms with van der Waals surface area (Å²) in [4.78, 5) is 5.02. The highest BCUT2D eigenvalue weighted by Gasteiger charge is 2.23. The largest absolute Gasteiger partial charge is 1.00 e. The highest BCUT2D eigenvalue weighted by Crippen LogP contribution is 2.30. The molecule has 0 bridgehead atoms. The first kappa shape index (κ1) is 18.3. The van der Waals surface area contributed by atoms with Crippen LogP contribution in [0, 0.1) is 0 Å². The van der Waals surface area contributed by atoms with Gasteiger partial charge in [-0.05, 0) is 43.3 Å². The maximum atomic E-state index is 6.07. The van der Waals surface area contributed by atoms with Crippen LogP contribution in [-0.4, -0.2) is 43.0 Å². The maximum Gasteiger partial charge on any atom is 0.0602 e. The zero-order valence-electron chi connectivity index (χ0n) is 13.5. The highest BCUT2D eigenvalue weighted by molar-refractivity contribution is 6.30. The summed E-state index contributed by atoms with van der Waals surface area (Å²) in [5.74, 6) is 0. The summed E-state index contributed by atoms with van der Waals surface area (Å²) in [6.07, 6.45) is 1.22. The minimum absolute atomic E-state index is 0. The van der Waals surface area contributed by atoms with Crippen molar-refractivity contribution in [2.75, 3.05) is 33.2 Å². The van der Waals surface area contributed by atoms with E-state index in [0.717, 1.165) is 24.7 Å². The molecule has 2 aromatic rings. The number of nitrogens with zero attached hydrogens (tertiary/aromatic N) is 2. The standard InChI is InChI=1S/C19H23ClN2.ClH/c1-21-12-5-13-22(15-14-21)19(16-6-3-2-4-7-16)17-8-10-18(20)11-9-17;/h2-4,6-11,19H,5,12-15H2,1H3;1H/p-1. The van der Waals surface area contributed by atoms with E-state index in [1.807, 2.05) is 12.1 Å². The van der Waals surface area contributed by atoms with Gasteiger partial charge in [0.1, 0.15) is 0 Å². The summed E-state index contributed by atoms with van der Waals surface area (Å²) in [5, 5.41) is 0.797. The van der Waals surface area contributed by atoms with E-state index in [9.17, 15) is 0 Å². The molecular weight excluding hydrogens is 327 g/mol. The van der Waals surface area contributed by atoms with Crippen LogP contribution in [0.5, 0.6) is 0 Å². The quantitative estimate of drug-likeness (QED) is 0.817. The fourth-order valence-corrected chi connectivity index (χ4v) is 3.35. The Hall–Kier alpha value is -1.06. The van der Waals surface area contributed by atoms with E-state index < -0.39 is 0 Å². The first-order valence-corrected chi connectivity index (χ1v) is 8.35.